The summed E-state index contributed by atoms with van der Waals surface area (Å²) in [4.78, 5) is 12.2. The lowest BCUT2D eigenvalue weighted by Gasteiger charge is -2.33. The molecule has 0 aromatic heterocycles. The first-order valence-electron chi connectivity index (χ1n) is 7.49. The zero-order valence-electron chi connectivity index (χ0n) is 13.3. The lowest BCUT2D eigenvalue weighted by Crippen LogP contribution is -2.45. The van der Waals surface area contributed by atoms with Crippen LogP contribution < -0.4 is 5.32 Å². The fraction of sp³-hybridized carbons (Fsp3) is 0.316. The number of halogens is 1. The molecule has 1 amide bonds. The van der Waals surface area contributed by atoms with Gasteiger partial charge in [0.15, 0.2) is 0 Å². The van der Waals surface area contributed by atoms with E-state index < -0.39 is 0 Å². The molecular weight excluding hydrogens is 277 g/mol. The topological polar surface area (TPSA) is 29.1 Å². The molecule has 0 aliphatic rings. The summed E-state index contributed by atoms with van der Waals surface area (Å²) in [5.74, 6) is -0.342. The van der Waals surface area contributed by atoms with Gasteiger partial charge in [-0.1, -0.05) is 56.3 Å². The van der Waals surface area contributed by atoms with Crippen LogP contribution in [0, 0.1) is 5.82 Å². The highest BCUT2D eigenvalue weighted by atomic mass is 19.1. The van der Waals surface area contributed by atoms with Crippen molar-refractivity contribution in [2.24, 2.45) is 0 Å². The molecule has 2 aromatic rings. The summed E-state index contributed by atoms with van der Waals surface area (Å²) in [5.41, 5.74) is 1.83. The van der Waals surface area contributed by atoms with Crippen LogP contribution in [0.5, 0.6) is 0 Å². The van der Waals surface area contributed by atoms with E-state index in [1.54, 1.807) is 12.1 Å². The zero-order valence-corrected chi connectivity index (χ0v) is 13.3. The second-order valence-corrected chi connectivity index (χ2v) is 6.18. The van der Waals surface area contributed by atoms with Crippen molar-refractivity contribution < 1.29 is 9.18 Å². The Morgan fingerprint density at radius 3 is 2.27 bits per heavy atom. The molecule has 0 saturated carbocycles. The van der Waals surface area contributed by atoms with E-state index in [1.165, 1.54) is 17.7 Å². The van der Waals surface area contributed by atoms with Crippen LogP contribution in [0.3, 0.4) is 0 Å². The third-order valence-electron chi connectivity index (χ3n) is 4.26. The lowest BCUT2D eigenvalue weighted by atomic mass is 9.78. The molecule has 0 bridgehead atoms. The number of carbonyl (C=O) groups excluding carboxylic acids is 1. The number of benzene rings is 2. The third-order valence-corrected chi connectivity index (χ3v) is 4.26. The number of carbonyl (C=O) groups is 1. The number of amides is 1. The first kappa shape index (κ1) is 16.2. The van der Waals surface area contributed by atoms with E-state index in [-0.39, 0.29) is 29.6 Å². The summed E-state index contributed by atoms with van der Waals surface area (Å²) >= 11 is 0. The molecule has 1 N–H and O–H groups in total. The molecule has 0 fully saturated rings. The van der Waals surface area contributed by atoms with Crippen molar-refractivity contribution in [2.45, 2.75) is 38.6 Å². The Morgan fingerprint density at radius 1 is 1.09 bits per heavy atom. The Labute approximate surface area is 131 Å². The minimum absolute atomic E-state index is 0.0113. The Morgan fingerprint density at radius 2 is 1.68 bits per heavy atom. The summed E-state index contributed by atoms with van der Waals surface area (Å²) in [7, 11) is 0. The minimum Gasteiger partial charge on any atom is -0.352 e. The Hall–Kier alpha value is -2.16. The van der Waals surface area contributed by atoms with E-state index in [9.17, 15) is 9.18 Å². The van der Waals surface area contributed by atoms with Gasteiger partial charge in [-0.15, -0.1) is 0 Å². The predicted octanol–water partition coefficient (Wildman–Crippen LogP) is 3.85. The molecule has 2 nitrogen and oxygen atoms in total. The van der Waals surface area contributed by atoms with Gasteiger partial charge in [0.05, 0.1) is 6.42 Å². The summed E-state index contributed by atoms with van der Waals surface area (Å²) in [6.45, 7) is 6.24. The maximum absolute atomic E-state index is 12.9. The van der Waals surface area contributed by atoms with E-state index in [2.05, 4.69) is 31.3 Å². The van der Waals surface area contributed by atoms with E-state index in [1.807, 2.05) is 25.1 Å². The first-order valence-corrected chi connectivity index (χ1v) is 7.49. The maximum Gasteiger partial charge on any atom is 0.224 e. The van der Waals surface area contributed by atoms with Crippen molar-refractivity contribution in [3.63, 3.8) is 0 Å². The van der Waals surface area contributed by atoms with Crippen LogP contribution in [-0.2, 0) is 16.6 Å². The number of hydrogen-bond acceptors (Lipinski definition) is 1. The molecular formula is C19H22FNO. The van der Waals surface area contributed by atoms with Crippen molar-refractivity contribution >= 4 is 5.91 Å². The molecule has 0 spiro atoms. The molecule has 3 heteroatoms. The molecule has 0 unspecified atom stereocenters. The molecule has 22 heavy (non-hydrogen) atoms. The summed E-state index contributed by atoms with van der Waals surface area (Å²) in [5, 5.41) is 3.05. The first-order chi connectivity index (χ1) is 10.4. The Kier molecular flexibility index (Phi) is 4.96. The predicted molar refractivity (Wildman–Crippen MR) is 87.2 cm³/mol. The molecule has 116 valence electrons. The SMILES string of the molecule is C[C@H](NC(=O)Cc1ccc(F)cc1)C(C)(C)c1ccccc1. The molecule has 0 aliphatic carbocycles. The normalized spacial score (nSPS) is 12.7. The van der Waals surface area contributed by atoms with Crippen molar-refractivity contribution in [3.8, 4) is 0 Å². The fourth-order valence-corrected chi connectivity index (χ4v) is 2.38. The van der Waals surface area contributed by atoms with Gasteiger partial charge in [0, 0.05) is 11.5 Å². The van der Waals surface area contributed by atoms with Gasteiger partial charge < -0.3 is 5.32 Å². The van der Waals surface area contributed by atoms with Crippen LogP contribution in [-0.4, -0.2) is 11.9 Å². The van der Waals surface area contributed by atoms with Crippen LogP contribution >= 0.6 is 0 Å². The highest BCUT2D eigenvalue weighted by Gasteiger charge is 2.28. The zero-order chi connectivity index (χ0) is 16.2. The largest absolute Gasteiger partial charge is 0.352 e. The highest BCUT2D eigenvalue weighted by molar-refractivity contribution is 5.79. The molecule has 0 heterocycles. The van der Waals surface area contributed by atoms with E-state index in [0.717, 1.165) is 5.56 Å². The quantitative estimate of drug-likeness (QED) is 0.892. The molecule has 1 atom stereocenters. The van der Waals surface area contributed by atoms with Crippen LogP contribution in [0.2, 0.25) is 0 Å². The second kappa shape index (κ2) is 6.73. The summed E-state index contributed by atoms with van der Waals surface area (Å²) in [6, 6.07) is 16.2. The monoisotopic (exact) mass is 299 g/mol. The molecule has 2 aromatic carbocycles. The summed E-state index contributed by atoms with van der Waals surface area (Å²) in [6.07, 6.45) is 0.259. The van der Waals surface area contributed by atoms with Crippen LogP contribution in [0.15, 0.2) is 54.6 Å². The van der Waals surface area contributed by atoms with Gasteiger partial charge in [-0.25, -0.2) is 4.39 Å². The van der Waals surface area contributed by atoms with Gasteiger partial charge in [-0.3, -0.25) is 4.79 Å². The number of hydrogen-bond donors (Lipinski definition) is 1. The lowest BCUT2D eigenvalue weighted by molar-refractivity contribution is -0.121. The average molecular weight is 299 g/mol. The third kappa shape index (κ3) is 3.94. The number of rotatable bonds is 5. The second-order valence-electron chi connectivity index (χ2n) is 6.18. The van der Waals surface area contributed by atoms with Crippen LogP contribution in [0.25, 0.3) is 0 Å². The maximum atomic E-state index is 12.9. The van der Waals surface area contributed by atoms with Crippen LogP contribution in [0.1, 0.15) is 31.9 Å². The molecule has 0 radical (unpaired) electrons. The molecule has 0 saturated heterocycles. The van der Waals surface area contributed by atoms with E-state index in [4.69, 9.17) is 0 Å². The minimum atomic E-state index is -0.289. The van der Waals surface area contributed by atoms with Crippen molar-refractivity contribution in [3.05, 3.63) is 71.5 Å². The van der Waals surface area contributed by atoms with E-state index in [0.29, 0.717) is 0 Å². The van der Waals surface area contributed by atoms with Gasteiger partial charge in [-0.05, 0) is 30.2 Å². The van der Waals surface area contributed by atoms with Gasteiger partial charge in [0.25, 0.3) is 0 Å². The van der Waals surface area contributed by atoms with Crippen molar-refractivity contribution in [2.75, 3.05) is 0 Å². The van der Waals surface area contributed by atoms with E-state index >= 15 is 0 Å². The van der Waals surface area contributed by atoms with Gasteiger partial charge in [0.1, 0.15) is 5.82 Å². The van der Waals surface area contributed by atoms with Crippen LogP contribution in [0.4, 0.5) is 4.39 Å². The standard InChI is InChI=1S/C19H22FNO/c1-14(19(2,3)16-7-5-4-6-8-16)21-18(22)13-15-9-11-17(20)12-10-15/h4-12,14H,13H2,1-3H3,(H,21,22)/t14-/m0/s1. The Bertz CT molecular complexity index is 620. The smallest absolute Gasteiger partial charge is 0.224 e. The Balaban J connectivity index is 2.00. The summed E-state index contributed by atoms with van der Waals surface area (Å²) < 4.78 is 12.9. The van der Waals surface area contributed by atoms with Gasteiger partial charge in [-0.2, -0.15) is 0 Å². The van der Waals surface area contributed by atoms with Gasteiger partial charge in [0.2, 0.25) is 5.91 Å². The van der Waals surface area contributed by atoms with Crippen molar-refractivity contribution in [1.82, 2.24) is 5.32 Å². The highest BCUT2D eigenvalue weighted by Crippen LogP contribution is 2.26. The number of nitrogens with one attached hydrogen (secondary N) is 1. The average Bonchev–Trinajstić information content (AvgIpc) is 2.50. The van der Waals surface area contributed by atoms with Crippen molar-refractivity contribution in [1.29, 1.82) is 0 Å². The van der Waals surface area contributed by atoms with Gasteiger partial charge >= 0.3 is 0 Å². The fourth-order valence-electron chi connectivity index (χ4n) is 2.38. The molecule has 0 aliphatic heterocycles. The molecule has 2 rings (SSSR count).